The summed E-state index contributed by atoms with van der Waals surface area (Å²) in [5.41, 5.74) is 0.250. The Morgan fingerprint density at radius 2 is 1.91 bits per heavy atom. The molecule has 1 aromatic carbocycles. The van der Waals surface area contributed by atoms with Gasteiger partial charge in [-0.25, -0.2) is 18.6 Å². The van der Waals surface area contributed by atoms with Crippen LogP contribution in [-0.2, 0) is 6.54 Å². The summed E-state index contributed by atoms with van der Waals surface area (Å²) in [7, 11) is 0. The second kappa shape index (κ2) is 7.85. The topological polar surface area (TPSA) is 74.2 Å². The fourth-order valence-electron chi connectivity index (χ4n) is 1.88. The number of hydrogen-bond donors (Lipinski definition) is 3. The fraction of sp³-hybridized carbons (Fsp3) is 0.200. The van der Waals surface area contributed by atoms with Gasteiger partial charge in [0.25, 0.3) is 0 Å². The molecule has 0 radical (unpaired) electrons. The molecule has 0 aliphatic heterocycles. The highest BCUT2D eigenvalue weighted by molar-refractivity contribution is 6.29. The van der Waals surface area contributed by atoms with Crippen LogP contribution < -0.4 is 10.6 Å². The number of hydrogen-bond acceptors (Lipinski definition) is 3. The number of benzene rings is 1. The van der Waals surface area contributed by atoms with Crippen LogP contribution in [0, 0.1) is 11.6 Å². The molecule has 1 atom stereocenters. The predicted molar refractivity (Wildman–Crippen MR) is 80.8 cm³/mol. The largest absolute Gasteiger partial charge is 0.386 e. The lowest BCUT2D eigenvalue weighted by Crippen LogP contribution is -2.37. The highest BCUT2D eigenvalue weighted by Gasteiger charge is 2.18. The molecule has 0 saturated heterocycles. The van der Waals surface area contributed by atoms with Gasteiger partial charge in [0, 0.05) is 19.3 Å². The van der Waals surface area contributed by atoms with Gasteiger partial charge in [0.1, 0.15) is 22.9 Å². The van der Waals surface area contributed by atoms with E-state index in [4.69, 9.17) is 11.6 Å². The van der Waals surface area contributed by atoms with Gasteiger partial charge in [-0.1, -0.05) is 23.7 Å². The number of carbonyl (C=O) groups excluding carboxylic acids is 1. The second-order valence-electron chi connectivity index (χ2n) is 4.70. The Labute approximate surface area is 136 Å². The fourth-order valence-corrected chi connectivity index (χ4v) is 1.99. The van der Waals surface area contributed by atoms with E-state index in [1.54, 1.807) is 12.1 Å². The molecule has 0 bridgehead atoms. The maximum absolute atomic E-state index is 13.5. The first-order chi connectivity index (χ1) is 11.0. The van der Waals surface area contributed by atoms with Crippen LogP contribution in [-0.4, -0.2) is 22.7 Å². The third-order valence-corrected chi connectivity index (χ3v) is 3.25. The van der Waals surface area contributed by atoms with Gasteiger partial charge < -0.3 is 15.7 Å². The summed E-state index contributed by atoms with van der Waals surface area (Å²) >= 11 is 5.64. The predicted octanol–water partition coefficient (Wildman–Crippen LogP) is 2.55. The Balaban J connectivity index is 1.83. The van der Waals surface area contributed by atoms with Crippen molar-refractivity contribution in [3.63, 3.8) is 0 Å². The normalized spacial score (nSPS) is 11.8. The third kappa shape index (κ3) is 4.87. The van der Waals surface area contributed by atoms with E-state index in [9.17, 15) is 18.7 Å². The summed E-state index contributed by atoms with van der Waals surface area (Å²) in [5.74, 6) is -1.74. The number of aliphatic hydroxyl groups excluding tert-OH is 1. The lowest BCUT2D eigenvalue weighted by Gasteiger charge is -2.14. The van der Waals surface area contributed by atoms with Crippen LogP contribution in [0.25, 0.3) is 0 Å². The molecule has 2 rings (SSSR count). The molecule has 1 aromatic heterocycles. The lowest BCUT2D eigenvalue weighted by atomic mass is 10.1. The number of rotatable bonds is 5. The van der Waals surface area contributed by atoms with E-state index in [2.05, 4.69) is 15.6 Å². The zero-order chi connectivity index (χ0) is 16.8. The van der Waals surface area contributed by atoms with Gasteiger partial charge in [0.2, 0.25) is 0 Å². The zero-order valence-electron chi connectivity index (χ0n) is 11.9. The van der Waals surface area contributed by atoms with Crippen LogP contribution in [0.1, 0.15) is 17.2 Å². The Morgan fingerprint density at radius 1 is 1.22 bits per heavy atom. The van der Waals surface area contributed by atoms with Crippen molar-refractivity contribution in [2.75, 3.05) is 6.54 Å². The molecule has 1 heterocycles. The van der Waals surface area contributed by atoms with Crippen LogP contribution >= 0.6 is 11.6 Å². The van der Waals surface area contributed by atoms with Crippen LogP contribution in [0.15, 0.2) is 36.5 Å². The number of amides is 2. The molecule has 1 unspecified atom stereocenters. The van der Waals surface area contributed by atoms with Gasteiger partial charge >= 0.3 is 6.03 Å². The first-order valence-electron chi connectivity index (χ1n) is 6.71. The van der Waals surface area contributed by atoms with Crippen LogP contribution in [0.3, 0.4) is 0 Å². The highest BCUT2D eigenvalue weighted by Crippen LogP contribution is 2.19. The van der Waals surface area contributed by atoms with Gasteiger partial charge in [0.15, 0.2) is 0 Å². The number of nitrogens with one attached hydrogen (secondary N) is 2. The molecular formula is C15H14ClF2N3O2. The molecule has 3 N–H and O–H groups in total. The number of aliphatic hydroxyl groups is 1. The van der Waals surface area contributed by atoms with E-state index in [1.165, 1.54) is 12.3 Å². The Bertz CT molecular complexity index is 663. The Hall–Kier alpha value is -2.25. The molecule has 0 fully saturated rings. The minimum absolute atomic E-state index is 0.195. The summed E-state index contributed by atoms with van der Waals surface area (Å²) in [5, 5.41) is 15.0. The van der Waals surface area contributed by atoms with Crippen molar-refractivity contribution in [3.05, 3.63) is 64.4 Å². The number of aromatic nitrogens is 1. The van der Waals surface area contributed by atoms with Crippen molar-refractivity contribution < 1.29 is 18.7 Å². The SMILES string of the molecule is O=C(NCc1ccc(Cl)nc1)NCC(O)c1c(F)cccc1F. The summed E-state index contributed by atoms with van der Waals surface area (Å²) in [6.07, 6.45) is 0.0192. The molecule has 0 aliphatic carbocycles. The van der Waals surface area contributed by atoms with Gasteiger partial charge in [-0.3, -0.25) is 0 Å². The van der Waals surface area contributed by atoms with Crippen molar-refractivity contribution in [2.24, 2.45) is 0 Å². The average molecular weight is 342 g/mol. The molecule has 0 aliphatic rings. The summed E-state index contributed by atoms with van der Waals surface area (Å²) in [6, 6.07) is 5.96. The van der Waals surface area contributed by atoms with Crippen molar-refractivity contribution in [1.29, 1.82) is 0 Å². The smallest absolute Gasteiger partial charge is 0.315 e. The van der Waals surface area contributed by atoms with Crippen LogP contribution in [0.5, 0.6) is 0 Å². The van der Waals surface area contributed by atoms with Gasteiger partial charge in [0.05, 0.1) is 5.56 Å². The molecule has 23 heavy (non-hydrogen) atoms. The standard InChI is InChI=1S/C15H14ClF2N3O2/c16-13-5-4-9(6-19-13)7-20-15(23)21-8-12(22)14-10(17)2-1-3-11(14)18/h1-6,12,22H,7-8H2,(H2,20,21,23). The quantitative estimate of drug-likeness (QED) is 0.732. The molecule has 122 valence electrons. The van der Waals surface area contributed by atoms with Gasteiger partial charge in [-0.15, -0.1) is 0 Å². The molecule has 0 saturated carbocycles. The van der Waals surface area contributed by atoms with E-state index in [0.29, 0.717) is 5.15 Å². The lowest BCUT2D eigenvalue weighted by molar-refractivity contribution is 0.164. The summed E-state index contributed by atoms with van der Waals surface area (Å²) < 4.78 is 27.0. The van der Waals surface area contributed by atoms with Crippen molar-refractivity contribution in [3.8, 4) is 0 Å². The molecule has 2 aromatic rings. The number of urea groups is 1. The number of nitrogens with zero attached hydrogens (tertiary/aromatic N) is 1. The maximum Gasteiger partial charge on any atom is 0.315 e. The first-order valence-corrected chi connectivity index (χ1v) is 7.09. The Morgan fingerprint density at radius 3 is 2.52 bits per heavy atom. The highest BCUT2D eigenvalue weighted by atomic mass is 35.5. The minimum atomic E-state index is -1.49. The van der Waals surface area contributed by atoms with Crippen LogP contribution in [0.4, 0.5) is 13.6 Å². The average Bonchev–Trinajstić information content (AvgIpc) is 2.52. The van der Waals surface area contributed by atoms with Crippen LogP contribution in [0.2, 0.25) is 5.15 Å². The monoisotopic (exact) mass is 341 g/mol. The second-order valence-corrected chi connectivity index (χ2v) is 5.09. The molecular weight excluding hydrogens is 328 g/mol. The third-order valence-electron chi connectivity index (χ3n) is 3.03. The zero-order valence-corrected chi connectivity index (χ0v) is 12.6. The van der Waals surface area contributed by atoms with Gasteiger partial charge in [-0.05, 0) is 23.8 Å². The summed E-state index contributed by atoms with van der Waals surface area (Å²) in [6.45, 7) is -0.136. The maximum atomic E-state index is 13.5. The summed E-state index contributed by atoms with van der Waals surface area (Å²) in [4.78, 5) is 15.5. The number of halogens is 3. The molecule has 5 nitrogen and oxygen atoms in total. The number of pyridine rings is 1. The van der Waals surface area contributed by atoms with Gasteiger partial charge in [-0.2, -0.15) is 0 Å². The molecule has 8 heteroatoms. The van der Waals surface area contributed by atoms with Crippen molar-refractivity contribution in [2.45, 2.75) is 12.6 Å². The number of carbonyl (C=O) groups is 1. The van der Waals surface area contributed by atoms with E-state index in [0.717, 1.165) is 17.7 Å². The van der Waals surface area contributed by atoms with Crippen molar-refractivity contribution in [1.82, 2.24) is 15.6 Å². The van der Waals surface area contributed by atoms with E-state index in [-0.39, 0.29) is 13.1 Å². The van der Waals surface area contributed by atoms with E-state index < -0.39 is 29.3 Å². The minimum Gasteiger partial charge on any atom is -0.386 e. The van der Waals surface area contributed by atoms with Crippen molar-refractivity contribution >= 4 is 17.6 Å². The van der Waals surface area contributed by atoms with E-state index in [1.807, 2.05) is 0 Å². The first kappa shape index (κ1) is 17.1. The van der Waals surface area contributed by atoms with E-state index >= 15 is 0 Å². The molecule has 0 spiro atoms. The molecule has 2 amide bonds. The Kier molecular flexibility index (Phi) is 5.84.